The third-order valence-corrected chi connectivity index (χ3v) is 3.64. The highest BCUT2D eigenvalue weighted by molar-refractivity contribution is 9.10. The first kappa shape index (κ1) is 13.6. The van der Waals surface area contributed by atoms with Gasteiger partial charge in [-0.05, 0) is 23.8 Å². The van der Waals surface area contributed by atoms with Crippen molar-refractivity contribution in [2.75, 3.05) is 0 Å². The summed E-state index contributed by atoms with van der Waals surface area (Å²) in [6.07, 6.45) is -0.836. The Kier molecular flexibility index (Phi) is 4.40. The van der Waals surface area contributed by atoms with Crippen molar-refractivity contribution in [2.24, 2.45) is 5.73 Å². The molecule has 0 amide bonds. The molecular weight excluding hydrogens is 314 g/mol. The van der Waals surface area contributed by atoms with E-state index in [9.17, 15) is 5.11 Å². The minimum Gasteiger partial charge on any atom is -0.386 e. The van der Waals surface area contributed by atoms with Crippen LogP contribution in [0.5, 0.6) is 0 Å². The molecule has 0 saturated carbocycles. The Labute approximate surface area is 120 Å². The molecule has 2 atom stereocenters. The van der Waals surface area contributed by atoms with Crippen molar-refractivity contribution in [1.29, 1.82) is 0 Å². The number of benzene rings is 2. The third kappa shape index (κ3) is 2.93. The Morgan fingerprint density at radius 2 is 1.78 bits per heavy atom. The molecular formula is C14H13BrClNO. The summed E-state index contributed by atoms with van der Waals surface area (Å²) in [4.78, 5) is 0. The molecule has 2 aromatic carbocycles. The highest BCUT2D eigenvalue weighted by atomic mass is 79.9. The Morgan fingerprint density at radius 1 is 1.11 bits per heavy atom. The monoisotopic (exact) mass is 325 g/mol. The Hall–Kier alpha value is -0.870. The Balaban J connectivity index is 2.31. The molecule has 0 spiro atoms. The van der Waals surface area contributed by atoms with Crippen LogP contribution in [0.2, 0.25) is 5.02 Å². The normalized spacial score (nSPS) is 14.2. The van der Waals surface area contributed by atoms with E-state index >= 15 is 0 Å². The number of hydrogen-bond acceptors (Lipinski definition) is 2. The highest BCUT2D eigenvalue weighted by Gasteiger charge is 2.21. The summed E-state index contributed by atoms with van der Waals surface area (Å²) in [5.74, 6) is 0. The van der Waals surface area contributed by atoms with Crippen LogP contribution >= 0.6 is 27.5 Å². The van der Waals surface area contributed by atoms with Gasteiger partial charge in [-0.3, -0.25) is 0 Å². The minimum atomic E-state index is -0.836. The van der Waals surface area contributed by atoms with E-state index in [1.807, 2.05) is 36.4 Å². The van der Waals surface area contributed by atoms with Crippen molar-refractivity contribution in [1.82, 2.24) is 0 Å². The second-order valence-corrected chi connectivity index (χ2v) is 5.37. The number of hydrogen-bond donors (Lipinski definition) is 2. The molecule has 0 aliphatic carbocycles. The summed E-state index contributed by atoms with van der Waals surface area (Å²) in [5.41, 5.74) is 7.57. The summed E-state index contributed by atoms with van der Waals surface area (Å²) in [7, 11) is 0. The van der Waals surface area contributed by atoms with E-state index in [0.717, 1.165) is 10.0 Å². The lowest BCUT2D eigenvalue weighted by Crippen LogP contribution is -2.19. The average molecular weight is 327 g/mol. The van der Waals surface area contributed by atoms with E-state index in [1.165, 1.54) is 0 Å². The van der Waals surface area contributed by atoms with Crippen molar-refractivity contribution in [3.63, 3.8) is 0 Å². The molecule has 2 nitrogen and oxygen atoms in total. The third-order valence-electron chi connectivity index (χ3n) is 2.80. The predicted octanol–water partition coefficient (Wildman–Crippen LogP) is 3.84. The summed E-state index contributed by atoms with van der Waals surface area (Å²) in [6.45, 7) is 0. The summed E-state index contributed by atoms with van der Waals surface area (Å²) < 4.78 is 0.862. The van der Waals surface area contributed by atoms with Crippen molar-refractivity contribution in [2.45, 2.75) is 12.1 Å². The average Bonchev–Trinajstić information content (AvgIpc) is 2.41. The summed E-state index contributed by atoms with van der Waals surface area (Å²) in [5, 5.41) is 10.8. The Morgan fingerprint density at radius 3 is 2.44 bits per heavy atom. The first-order valence-corrected chi connectivity index (χ1v) is 6.70. The van der Waals surface area contributed by atoms with Crippen LogP contribution in [-0.2, 0) is 0 Å². The molecule has 0 aromatic heterocycles. The maximum Gasteiger partial charge on any atom is 0.0997 e. The SMILES string of the molecule is NC(c1ccccc1)C(O)c1cc(Br)ccc1Cl. The number of rotatable bonds is 3. The molecule has 0 aliphatic heterocycles. The molecule has 0 saturated heterocycles. The van der Waals surface area contributed by atoms with Gasteiger partial charge in [0, 0.05) is 15.1 Å². The van der Waals surface area contributed by atoms with Crippen LogP contribution in [-0.4, -0.2) is 5.11 Å². The van der Waals surface area contributed by atoms with Crippen molar-refractivity contribution in [3.05, 3.63) is 69.2 Å². The topological polar surface area (TPSA) is 46.2 Å². The second kappa shape index (κ2) is 5.85. The summed E-state index contributed by atoms with van der Waals surface area (Å²) in [6, 6.07) is 14.3. The molecule has 4 heteroatoms. The maximum atomic E-state index is 10.3. The molecule has 2 aromatic rings. The maximum absolute atomic E-state index is 10.3. The van der Waals surface area contributed by atoms with Gasteiger partial charge in [-0.25, -0.2) is 0 Å². The molecule has 18 heavy (non-hydrogen) atoms. The van der Waals surface area contributed by atoms with E-state index in [4.69, 9.17) is 17.3 Å². The lowest BCUT2D eigenvalue weighted by molar-refractivity contribution is 0.147. The van der Waals surface area contributed by atoms with E-state index < -0.39 is 12.1 Å². The number of halogens is 2. The molecule has 94 valence electrons. The first-order valence-electron chi connectivity index (χ1n) is 5.53. The quantitative estimate of drug-likeness (QED) is 0.900. The smallest absolute Gasteiger partial charge is 0.0997 e. The van der Waals surface area contributed by atoms with Crippen LogP contribution in [0.15, 0.2) is 53.0 Å². The number of aliphatic hydroxyl groups excluding tert-OH is 1. The fraction of sp³-hybridized carbons (Fsp3) is 0.143. The molecule has 0 heterocycles. The van der Waals surface area contributed by atoms with Crippen LogP contribution in [0.1, 0.15) is 23.3 Å². The Bertz CT molecular complexity index is 533. The van der Waals surface area contributed by atoms with Gasteiger partial charge in [0.2, 0.25) is 0 Å². The molecule has 0 bridgehead atoms. The standard InChI is InChI=1S/C14H13BrClNO/c15-10-6-7-12(16)11(8-10)14(18)13(17)9-4-2-1-3-5-9/h1-8,13-14,18H,17H2. The molecule has 2 unspecified atom stereocenters. The van der Waals surface area contributed by atoms with E-state index in [2.05, 4.69) is 15.9 Å². The van der Waals surface area contributed by atoms with Gasteiger partial charge in [-0.2, -0.15) is 0 Å². The van der Waals surface area contributed by atoms with Gasteiger partial charge in [-0.15, -0.1) is 0 Å². The summed E-state index contributed by atoms with van der Waals surface area (Å²) >= 11 is 9.45. The fourth-order valence-electron chi connectivity index (χ4n) is 1.79. The van der Waals surface area contributed by atoms with Gasteiger partial charge in [-0.1, -0.05) is 57.9 Å². The predicted molar refractivity (Wildman–Crippen MR) is 77.5 cm³/mol. The van der Waals surface area contributed by atoms with Gasteiger partial charge in [0.05, 0.1) is 12.1 Å². The van der Waals surface area contributed by atoms with E-state index in [-0.39, 0.29) is 0 Å². The van der Waals surface area contributed by atoms with E-state index in [0.29, 0.717) is 10.6 Å². The van der Waals surface area contributed by atoms with Crippen LogP contribution in [0.25, 0.3) is 0 Å². The molecule has 3 N–H and O–H groups in total. The van der Waals surface area contributed by atoms with Gasteiger partial charge in [0.15, 0.2) is 0 Å². The van der Waals surface area contributed by atoms with Crippen LogP contribution < -0.4 is 5.73 Å². The minimum absolute atomic E-state index is 0.502. The van der Waals surface area contributed by atoms with Gasteiger partial charge >= 0.3 is 0 Å². The number of aliphatic hydroxyl groups is 1. The van der Waals surface area contributed by atoms with E-state index in [1.54, 1.807) is 12.1 Å². The zero-order valence-corrected chi connectivity index (χ0v) is 11.9. The van der Waals surface area contributed by atoms with Gasteiger partial charge in [0.25, 0.3) is 0 Å². The van der Waals surface area contributed by atoms with Crippen molar-refractivity contribution in [3.8, 4) is 0 Å². The molecule has 2 rings (SSSR count). The van der Waals surface area contributed by atoms with Crippen LogP contribution in [0.4, 0.5) is 0 Å². The van der Waals surface area contributed by atoms with Crippen LogP contribution in [0, 0.1) is 0 Å². The fourth-order valence-corrected chi connectivity index (χ4v) is 2.40. The van der Waals surface area contributed by atoms with Gasteiger partial charge in [0.1, 0.15) is 0 Å². The molecule has 0 aliphatic rings. The lowest BCUT2D eigenvalue weighted by Gasteiger charge is -2.20. The zero-order valence-electron chi connectivity index (χ0n) is 9.55. The van der Waals surface area contributed by atoms with Crippen LogP contribution in [0.3, 0.4) is 0 Å². The zero-order chi connectivity index (χ0) is 13.1. The van der Waals surface area contributed by atoms with Gasteiger partial charge < -0.3 is 10.8 Å². The van der Waals surface area contributed by atoms with Crippen molar-refractivity contribution < 1.29 is 5.11 Å². The molecule has 0 radical (unpaired) electrons. The highest BCUT2D eigenvalue weighted by Crippen LogP contribution is 2.33. The number of nitrogens with two attached hydrogens (primary N) is 1. The second-order valence-electron chi connectivity index (χ2n) is 4.05. The van der Waals surface area contributed by atoms with Crippen molar-refractivity contribution >= 4 is 27.5 Å². The first-order chi connectivity index (χ1) is 8.59. The molecule has 0 fully saturated rings. The lowest BCUT2D eigenvalue weighted by atomic mass is 9.97. The largest absolute Gasteiger partial charge is 0.386 e.